The summed E-state index contributed by atoms with van der Waals surface area (Å²) < 4.78 is 5.15. The van der Waals surface area contributed by atoms with Crippen molar-refractivity contribution in [1.82, 2.24) is 15.4 Å². The molecule has 0 aliphatic heterocycles. The molecule has 0 saturated heterocycles. The highest BCUT2D eigenvalue weighted by atomic mass is 32.1. The van der Waals surface area contributed by atoms with Crippen molar-refractivity contribution in [1.29, 1.82) is 0 Å². The third-order valence-corrected chi connectivity index (χ3v) is 4.69. The van der Waals surface area contributed by atoms with Crippen LogP contribution in [0.1, 0.15) is 46.1 Å². The Balaban J connectivity index is 2.00. The molecular formula is C16H23N3O2S. The van der Waals surface area contributed by atoms with Gasteiger partial charge < -0.3 is 14.7 Å². The molecule has 0 aliphatic carbocycles. The number of thiophene rings is 1. The topological polar surface area (TPSA) is 58.4 Å². The SMILES string of the molecule is CCCc1cc(C(=O)NCC(c2sccc2C)N(C)C)no1. The second-order valence-corrected chi connectivity index (χ2v) is 6.53. The molecule has 0 saturated carbocycles. The summed E-state index contributed by atoms with van der Waals surface area (Å²) in [5.41, 5.74) is 1.61. The number of aromatic nitrogens is 1. The van der Waals surface area contributed by atoms with E-state index < -0.39 is 0 Å². The second-order valence-electron chi connectivity index (χ2n) is 5.59. The Morgan fingerprint density at radius 1 is 1.50 bits per heavy atom. The van der Waals surface area contributed by atoms with Gasteiger partial charge in [0.05, 0.1) is 6.04 Å². The Morgan fingerprint density at radius 3 is 2.86 bits per heavy atom. The van der Waals surface area contributed by atoms with Crippen molar-refractivity contribution in [3.8, 4) is 0 Å². The van der Waals surface area contributed by atoms with Crippen molar-refractivity contribution in [3.63, 3.8) is 0 Å². The molecule has 0 spiro atoms. The van der Waals surface area contributed by atoms with Gasteiger partial charge in [0.25, 0.3) is 5.91 Å². The minimum atomic E-state index is -0.188. The molecule has 22 heavy (non-hydrogen) atoms. The highest BCUT2D eigenvalue weighted by molar-refractivity contribution is 7.10. The molecule has 0 aliphatic rings. The molecule has 0 aromatic carbocycles. The van der Waals surface area contributed by atoms with Crippen LogP contribution >= 0.6 is 11.3 Å². The summed E-state index contributed by atoms with van der Waals surface area (Å²) in [7, 11) is 4.04. The van der Waals surface area contributed by atoms with E-state index in [-0.39, 0.29) is 11.9 Å². The normalized spacial score (nSPS) is 12.6. The van der Waals surface area contributed by atoms with E-state index in [2.05, 4.69) is 40.7 Å². The zero-order chi connectivity index (χ0) is 16.1. The van der Waals surface area contributed by atoms with Crippen LogP contribution in [0.3, 0.4) is 0 Å². The second kappa shape index (κ2) is 7.56. The summed E-state index contributed by atoms with van der Waals surface area (Å²) in [6, 6.07) is 3.98. The molecule has 1 atom stereocenters. The lowest BCUT2D eigenvalue weighted by molar-refractivity contribution is 0.0933. The van der Waals surface area contributed by atoms with Gasteiger partial charge in [0.2, 0.25) is 0 Å². The number of carbonyl (C=O) groups is 1. The number of hydrogen-bond donors (Lipinski definition) is 1. The summed E-state index contributed by atoms with van der Waals surface area (Å²) in [6.45, 7) is 4.70. The van der Waals surface area contributed by atoms with Crippen LogP contribution in [-0.2, 0) is 6.42 Å². The fraction of sp³-hybridized carbons (Fsp3) is 0.500. The fourth-order valence-electron chi connectivity index (χ4n) is 2.30. The van der Waals surface area contributed by atoms with Gasteiger partial charge in [0, 0.05) is 23.9 Å². The van der Waals surface area contributed by atoms with Crippen molar-refractivity contribution in [2.75, 3.05) is 20.6 Å². The molecule has 1 unspecified atom stereocenters. The van der Waals surface area contributed by atoms with Gasteiger partial charge in [-0.15, -0.1) is 11.3 Å². The van der Waals surface area contributed by atoms with E-state index in [0.29, 0.717) is 12.2 Å². The zero-order valence-corrected chi connectivity index (χ0v) is 14.4. The molecule has 2 rings (SSSR count). The number of rotatable bonds is 7. The Hall–Kier alpha value is -1.66. The van der Waals surface area contributed by atoms with Gasteiger partial charge >= 0.3 is 0 Å². The smallest absolute Gasteiger partial charge is 0.273 e. The van der Waals surface area contributed by atoms with E-state index in [1.165, 1.54) is 10.4 Å². The minimum absolute atomic E-state index is 0.158. The van der Waals surface area contributed by atoms with Crippen LogP contribution < -0.4 is 5.32 Å². The van der Waals surface area contributed by atoms with Crippen molar-refractivity contribution >= 4 is 17.2 Å². The largest absolute Gasteiger partial charge is 0.361 e. The number of carbonyl (C=O) groups excluding carboxylic acids is 1. The molecule has 0 radical (unpaired) electrons. The number of amides is 1. The first kappa shape index (κ1) is 16.7. The van der Waals surface area contributed by atoms with Gasteiger partial charge in [0.1, 0.15) is 5.76 Å². The summed E-state index contributed by atoms with van der Waals surface area (Å²) in [5.74, 6) is 0.568. The number of nitrogens with zero attached hydrogens (tertiary/aromatic N) is 2. The third-order valence-electron chi connectivity index (χ3n) is 3.57. The van der Waals surface area contributed by atoms with Crippen LogP contribution in [0.5, 0.6) is 0 Å². The summed E-state index contributed by atoms with van der Waals surface area (Å²) >= 11 is 1.72. The van der Waals surface area contributed by atoms with Gasteiger partial charge in [0.15, 0.2) is 5.69 Å². The molecule has 1 N–H and O–H groups in total. The molecule has 6 heteroatoms. The average molecular weight is 321 g/mol. The first-order chi connectivity index (χ1) is 10.5. The highest BCUT2D eigenvalue weighted by Gasteiger charge is 2.20. The molecule has 2 heterocycles. The van der Waals surface area contributed by atoms with E-state index >= 15 is 0 Å². The lowest BCUT2D eigenvalue weighted by atomic mass is 10.1. The monoisotopic (exact) mass is 321 g/mol. The lowest BCUT2D eigenvalue weighted by Crippen LogP contribution is -2.34. The summed E-state index contributed by atoms with van der Waals surface area (Å²) in [5, 5.41) is 8.88. The molecule has 2 aromatic rings. The Kier molecular flexibility index (Phi) is 5.74. The third kappa shape index (κ3) is 3.96. The highest BCUT2D eigenvalue weighted by Crippen LogP contribution is 2.26. The summed E-state index contributed by atoms with van der Waals surface area (Å²) in [4.78, 5) is 15.6. The maximum atomic E-state index is 12.2. The predicted molar refractivity (Wildman–Crippen MR) is 88.3 cm³/mol. The van der Waals surface area contributed by atoms with Crippen molar-refractivity contribution in [3.05, 3.63) is 39.4 Å². The van der Waals surface area contributed by atoms with Gasteiger partial charge in [-0.3, -0.25) is 4.79 Å². The lowest BCUT2D eigenvalue weighted by Gasteiger charge is -2.24. The molecule has 5 nitrogen and oxygen atoms in total. The van der Waals surface area contributed by atoms with E-state index in [1.807, 2.05) is 14.1 Å². The van der Waals surface area contributed by atoms with Crippen molar-refractivity contribution < 1.29 is 9.32 Å². The number of aryl methyl sites for hydroxylation is 2. The molecule has 2 aromatic heterocycles. The van der Waals surface area contributed by atoms with Gasteiger partial charge in [-0.05, 0) is 44.4 Å². The van der Waals surface area contributed by atoms with Crippen molar-refractivity contribution in [2.24, 2.45) is 0 Å². The molecule has 1 amide bonds. The van der Waals surface area contributed by atoms with E-state index in [1.54, 1.807) is 17.4 Å². The maximum absolute atomic E-state index is 12.2. The van der Waals surface area contributed by atoms with E-state index in [9.17, 15) is 4.79 Å². The standard InChI is InChI=1S/C16H23N3O2S/c1-5-6-12-9-13(18-21-12)16(20)17-10-14(19(3)4)15-11(2)7-8-22-15/h7-9,14H,5-6,10H2,1-4H3,(H,17,20). The van der Waals surface area contributed by atoms with Gasteiger partial charge in [-0.1, -0.05) is 12.1 Å². The van der Waals surface area contributed by atoms with Crippen molar-refractivity contribution in [2.45, 2.75) is 32.7 Å². The minimum Gasteiger partial charge on any atom is -0.361 e. The van der Waals surface area contributed by atoms with Crippen LogP contribution in [-0.4, -0.2) is 36.6 Å². The first-order valence-electron chi connectivity index (χ1n) is 7.47. The number of hydrogen-bond acceptors (Lipinski definition) is 5. The predicted octanol–water partition coefficient (Wildman–Crippen LogP) is 3.03. The van der Waals surface area contributed by atoms with Gasteiger partial charge in [-0.2, -0.15) is 0 Å². The first-order valence-corrected chi connectivity index (χ1v) is 8.35. The Bertz CT molecular complexity index is 618. The Labute approximate surface area is 135 Å². The van der Waals surface area contributed by atoms with Crippen LogP contribution in [0.2, 0.25) is 0 Å². The Morgan fingerprint density at radius 2 is 2.27 bits per heavy atom. The fourth-order valence-corrected chi connectivity index (χ4v) is 3.42. The molecule has 0 bridgehead atoms. The number of nitrogens with one attached hydrogen (secondary N) is 1. The average Bonchev–Trinajstić information content (AvgIpc) is 3.09. The summed E-state index contributed by atoms with van der Waals surface area (Å²) in [6.07, 6.45) is 1.77. The van der Waals surface area contributed by atoms with Crippen LogP contribution in [0, 0.1) is 6.92 Å². The molecule has 0 fully saturated rings. The van der Waals surface area contributed by atoms with Crippen LogP contribution in [0.25, 0.3) is 0 Å². The quantitative estimate of drug-likeness (QED) is 0.851. The van der Waals surface area contributed by atoms with Gasteiger partial charge in [-0.25, -0.2) is 0 Å². The molecule has 120 valence electrons. The van der Waals surface area contributed by atoms with Crippen LogP contribution in [0.4, 0.5) is 0 Å². The zero-order valence-electron chi connectivity index (χ0n) is 13.5. The number of likely N-dealkylation sites (N-methyl/N-ethyl adjacent to an activating group) is 1. The molecular weight excluding hydrogens is 298 g/mol. The maximum Gasteiger partial charge on any atom is 0.273 e. The van der Waals surface area contributed by atoms with E-state index in [0.717, 1.165) is 18.6 Å². The van der Waals surface area contributed by atoms with Crippen LogP contribution in [0.15, 0.2) is 22.0 Å². The van der Waals surface area contributed by atoms with E-state index in [4.69, 9.17) is 4.52 Å².